The van der Waals surface area contributed by atoms with Crippen molar-refractivity contribution in [3.63, 3.8) is 0 Å². The molecule has 0 unspecified atom stereocenters. The van der Waals surface area contributed by atoms with Crippen LogP contribution in [-0.4, -0.2) is 11.5 Å². The summed E-state index contributed by atoms with van der Waals surface area (Å²) in [6.45, 7) is 9.12. The fourth-order valence-corrected chi connectivity index (χ4v) is 2.05. The maximum atomic E-state index is 5.62. The Morgan fingerprint density at radius 2 is 2.31 bits per heavy atom. The topological polar surface area (TPSA) is 24.9 Å². The molecule has 1 heterocycles. The predicted octanol–water partition coefficient (Wildman–Crippen LogP) is 2.60. The molecular weight excluding hydrogens is 204 g/mol. The number of nitrogens with one attached hydrogen (secondary N) is 1. The molecule has 1 N–H and O–H groups in total. The summed E-state index contributed by atoms with van der Waals surface area (Å²) in [5.41, 5.74) is 1.11. The summed E-state index contributed by atoms with van der Waals surface area (Å²) in [6, 6.07) is 0. The molecule has 0 saturated heterocycles. The number of halogens is 1. The molecule has 0 fully saturated rings. The number of hydrogen-bond acceptors (Lipinski definition) is 3. The van der Waals surface area contributed by atoms with Crippen molar-refractivity contribution in [1.82, 2.24) is 10.3 Å². The predicted molar refractivity (Wildman–Crippen MR) is 58.3 cm³/mol. The summed E-state index contributed by atoms with van der Waals surface area (Å²) in [5.74, 6) is 0. The lowest BCUT2D eigenvalue weighted by atomic mass is 10.4. The molecule has 1 rings (SSSR count). The first-order chi connectivity index (χ1) is 6.09. The number of thiazole rings is 1. The van der Waals surface area contributed by atoms with Crippen LogP contribution in [0, 0.1) is 13.8 Å². The SMILES string of the molecule is C=C(Cl)CNCc1sc(C)nc1C. The Balaban J connectivity index is 2.45. The summed E-state index contributed by atoms with van der Waals surface area (Å²) in [6.07, 6.45) is 0. The lowest BCUT2D eigenvalue weighted by Gasteiger charge is -2.00. The first-order valence-corrected chi connectivity index (χ1v) is 5.26. The monoisotopic (exact) mass is 216 g/mol. The zero-order chi connectivity index (χ0) is 9.84. The minimum absolute atomic E-state index is 0.638. The molecule has 0 aromatic carbocycles. The van der Waals surface area contributed by atoms with Gasteiger partial charge in [0.25, 0.3) is 0 Å². The van der Waals surface area contributed by atoms with E-state index in [0.29, 0.717) is 11.6 Å². The quantitative estimate of drug-likeness (QED) is 0.837. The fourth-order valence-electron chi connectivity index (χ4n) is 1.05. The van der Waals surface area contributed by atoms with Gasteiger partial charge in [0, 0.05) is 23.0 Å². The molecule has 0 aliphatic heterocycles. The molecule has 72 valence electrons. The van der Waals surface area contributed by atoms with Gasteiger partial charge in [0.2, 0.25) is 0 Å². The third-order valence-electron chi connectivity index (χ3n) is 1.60. The maximum Gasteiger partial charge on any atom is 0.0900 e. The molecule has 0 saturated carbocycles. The van der Waals surface area contributed by atoms with Crippen LogP contribution in [0.1, 0.15) is 15.6 Å². The van der Waals surface area contributed by atoms with Crippen molar-refractivity contribution in [2.75, 3.05) is 6.54 Å². The smallest absolute Gasteiger partial charge is 0.0900 e. The minimum atomic E-state index is 0.638. The van der Waals surface area contributed by atoms with Crippen LogP contribution in [0.2, 0.25) is 0 Å². The van der Waals surface area contributed by atoms with E-state index in [2.05, 4.69) is 16.9 Å². The van der Waals surface area contributed by atoms with Gasteiger partial charge in [-0.25, -0.2) is 4.98 Å². The standard InChI is InChI=1S/C9H13ClN2S/c1-6(10)4-11-5-9-7(2)12-8(3)13-9/h11H,1,4-5H2,2-3H3. The van der Waals surface area contributed by atoms with E-state index in [1.807, 2.05) is 13.8 Å². The molecule has 0 bridgehead atoms. The summed E-state index contributed by atoms with van der Waals surface area (Å²) in [7, 11) is 0. The second-order valence-corrected chi connectivity index (χ2v) is 4.68. The molecule has 2 nitrogen and oxygen atoms in total. The molecule has 0 atom stereocenters. The number of rotatable bonds is 4. The van der Waals surface area contributed by atoms with Crippen molar-refractivity contribution in [3.05, 3.63) is 27.2 Å². The summed E-state index contributed by atoms with van der Waals surface area (Å²) >= 11 is 7.34. The van der Waals surface area contributed by atoms with E-state index in [1.165, 1.54) is 4.88 Å². The van der Waals surface area contributed by atoms with Crippen molar-refractivity contribution < 1.29 is 0 Å². The molecule has 0 amide bonds. The van der Waals surface area contributed by atoms with Crippen molar-refractivity contribution >= 4 is 22.9 Å². The van der Waals surface area contributed by atoms with Gasteiger partial charge in [-0.1, -0.05) is 18.2 Å². The van der Waals surface area contributed by atoms with Crippen LogP contribution >= 0.6 is 22.9 Å². The van der Waals surface area contributed by atoms with Crippen LogP contribution in [0.15, 0.2) is 11.6 Å². The van der Waals surface area contributed by atoms with E-state index in [0.717, 1.165) is 17.2 Å². The van der Waals surface area contributed by atoms with Gasteiger partial charge in [-0.3, -0.25) is 0 Å². The molecule has 13 heavy (non-hydrogen) atoms. The Bertz CT molecular complexity index is 307. The summed E-state index contributed by atoms with van der Waals surface area (Å²) < 4.78 is 0. The van der Waals surface area contributed by atoms with Crippen molar-refractivity contribution in [1.29, 1.82) is 0 Å². The Hall–Kier alpha value is -0.380. The van der Waals surface area contributed by atoms with Crippen LogP contribution in [0.5, 0.6) is 0 Å². The largest absolute Gasteiger partial charge is 0.307 e. The second kappa shape index (κ2) is 4.74. The first-order valence-electron chi connectivity index (χ1n) is 4.06. The highest BCUT2D eigenvalue weighted by atomic mass is 35.5. The summed E-state index contributed by atoms with van der Waals surface area (Å²) in [4.78, 5) is 5.61. The third-order valence-corrected chi connectivity index (χ3v) is 2.81. The average Bonchev–Trinajstić information content (AvgIpc) is 2.29. The van der Waals surface area contributed by atoms with Gasteiger partial charge in [-0.2, -0.15) is 0 Å². The molecular formula is C9H13ClN2S. The molecule has 4 heteroatoms. The van der Waals surface area contributed by atoms with E-state index < -0.39 is 0 Å². The third kappa shape index (κ3) is 3.46. The van der Waals surface area contributed by atoms with Crippen LogP contribution in [0.25, 0.3) is 0 Å². The first kappa shape index (κ1) is 10.7. The van der Waals surface area contributed by atoms with Crippen LogP contribution < -0.4 is 5.32 Å². The van der Waals surface area contributed by atoms with Gasteiger partial charge in [0.1, 0.15) is 0 Å². The van der Waals surface area contributed by atoms with Crippen LogP contribution in [0.3, 0.4) is 0 Å². The van der Waals surface area contributed by atoms with Gasteiger partial charge in [-0.15, -0.1) is 11.3 Å². The van der Waals surface area contributed by atoms with Gasteiger partial charge in [0.15, 0.2) is 0 Å². The van der Waals surface area contributed by atoms with Gasteiger partial charge in [-0.05, 0) is 13.8 Å². The van der Waals surface area contributed by atoms with E-state index in [-0.39, 0.29) is 0 Å². The van der Waals surface area contributed by atoms with Gasteiger partial charge < -0.3 is 5.32 Å². The Morgan fingerprint density at radius 1 is 1.62 bits per heavy atom. The van der Waals surface area contributed by atoms with Gasteiger partial charge >= 0.3 is 0 Å². The highest BCUT2D eigenvalue weighted by Gasteiger charge is 2.03. The zero-order valence-electron chi connectivity index (χ0n) is 7.85. The maximum absolute atomic E-state index is 5.62. The van der Waals surface area contributed by atoms with Crippen molar-refractivity contribution in [2.45, 2.75) is 20.4 Å². The number of aromatic nitrogens is 1. The molecule has 0 aliphatic rings. The Kier molecular flexibility index (Phi) is 3.90. The van der Waals surface area contributed by atoms with E-state index in [4.69, 9.17) is 11.6 Å². The lowest BCUT2D eigenvalue weighted by Crippen LogP contribution is -2.14. The molecule has 0 spiro atoms. The van der Waals surface area contributed by atoms with Crippen LogP contribution in [-0.2, 0) is 6.54 Å². The highest BCUT2D eigenvalue weighted by Crippen LogP contribution is 2.16. The summed E-state index contributed by atoms with van der Waals surface area (Å²) in [5, 5.41) is 4.94. The normalized spacial score (nSPS) is 10.4. The van der Waals surface area contributed by atoms with Crippen molar-refractivity contribution in [2.24, 2.45) is 0 Å². The highest BCUT2D eigenvalue weighted by molar-refractivity contribution is 7.11. The second-order valence-electron chi connectivity index (χ2n) is 2.86. The zero-order valence-corrected chi connectivity index (χ0v) is 9.43. The molecule has 1 aromatic rings. The van der Waals surface area contributed by atoms with E-state index >= 15 is 0 Å². The van der Waals surface area contributed by atoms with Crippen molar-refractivity contribution in [3.8, 4) is 0 Å². The average molecular weight is 217 g/mol. The lowest BCUT2D eigenvalue weighted by molar-refractivity contribution is 0.759. The van der Waals surface area contributed by atoms with E-state index in [1.54, 1.807) is 11.3 Å². The van der Waals surface area contributed by atoms with Gasteiger partial charge in [0.05, 0.1) is 10.7 Å². The molecule has 1 aromatic heterocycles. The number of nitrogens with zero attached hydrogens (tertiary/aromatic N) is 1. The Labute approximate surface area is 87.6 Å². The van der Waals surface area contributed by atoms with E-state index in [9.17, 15) is 0 Å². The molecule has 0 aliphatic carbocycles. The van der Waals surface area contributed by atoms with Crippen LogP contribution in [0.4, 0.5) is 0 Å². The fraction of sp³-hybridized carbons (Fsp3) is 0.444. The number of hydrogen-bond donors (Lipinski definition) is 1. The Morgan fingerprint density at radius 3 is 2.77 bits per heavy atom. The minimum Gasteiger partial charge on any atom is -0.307 e. The number of aryl methyl sites for hydroxylation is 2. The molecule has 0 radical (unpaired) electrons.